The van der Waals surface area contributed by atoms with E-state index in [0.29, 0.717) is 5.56 Å². The van der Waals surface area contributed by atoms with E-state index >= 15 is 0 Å². The third kappa shape index (κ3) is 4.11. The first kappa shape index (κ1) is 15.1. The van der Waals surface area contributed by atoms with Gasteiger partial charge in [0.25, 0.3) is 5.91 Å². The van der Waals surface area contributed by atoms with Crippen LogP contribution in [0.4, 0.5) is 0 Å². The van der Waals surface area contributed by atoms with Crippen LogP contribution < -0.4 is 11.3 Å². The third-order valence-electron chi connectivity index (χ3n) is 2.70. The molecule has 0 spiro atoms. The van der Waals surface area contributed by atoms with Gasteiger partial charge in [-0.15, -0.1) is 11.3 Å². The maximum absolute atomic E-state index is 11.3. The van der Waals surface area contributed by atoms with E-state index in [1.165, 1.54) is 11.1 Å². The number of carbonyl (C=O) groups is 1. The van der Waals surface area contributed by atoms with Crippen molar-refractivity contribution >= 4 is 33.2 Å². The Kier molecular flexibility index (Phi) is 5.24. The van der Waals surface area contributed by atoms with Gasteiger partial charge in [-0.25, -0.2) is 5.84 Å². The Bertz CT molecular complexity index is 584. The third-order valence-corrected chi connectivity index (χ3v) is 4.38. The van der Waals surface area contributed by atoms with Crippen molar-refractivity contribution in [3.8, 4) is 0 Å². The van der Waals surface area contributed by atoms with E-state index < -0.39 is 0 Å². The quantitative estimate of drug-likeness (QED) is 0.490. The molecule has 7 heteroatoms. The molecule has 2 aromatic heterocycles. The molecule has 0 unspecified atom stereocenters. The number of amides is 1. The number of aromatic nitrogens is 1. The molecule has 2 heterocycles. The molecule has 0 bridgehead atoms. The summed E-state index contributed by atoms with van der Waals surface area (Å²) in [4.78, 5) is 19.0. The second kappa shape index (κ2) is 6.94. The molecule has 20 heavy (non-hydrogen) atoms. The van der Waals surface area contributed by atoms with Gasteiger partial charge >= 0.3 is 0 Å². The Morgan fingerprint density at radius 3 is 2.85 bits per heavy atom. The number of halogens is 1. The smallest absolute Gasteiger partial charge is 0.266 e. The summed E-state index contributed by atoms with van der Waals surface area (Å²) in [6, 6.07) is 5.68. The molecular weight excluding hydrogens is 340 g/mol. The van der Waals surface area contributed by atoms with E-state index in [1.54, 1.807) is 17.4 Å². The van der Waals surface area contributed by atoms with Crippen LogP contribution in [-0.2, 0) is 13.1 Å². The number of thiophene rings is 1. The van der Waals surface area contributed by atoms with Gasteiger partial charge in [0, 0.05) is 34.0 Å². The van der Waals surface area contributed by atoms with Gasteiger partial charge in [0.1, 0.15) is 0 Å². The number of pyridine rings is 1. The molecule has 3 N–H and O–H groups in total. The Labute approximate surface area is 129 Å². The molecule has 2 aromatic rings. The van der Waals surface area contributed by atoms with Crippen molar-refractivity contribution in [3.05, 3.63) is 50.4 Å². The lowest BCUT2D eigenvalue weighted by atomic mass is 10.2. The van der Waals surface area contributed by atoms with E-state index in [1.807, 2.05) is 13.1 Å². The van der Waals surface area contributed by atoms with E-state index in [0.717, 1.165) is 23.3 Å². The fraction of sp³-hybridized carbons (Fsp3) is 0.231. The molecule has 106 valence electrons. The summed E-state index contributed by atoms with van der Waals surface area (Å²) in [6.07, 6.45) is 1.53. The van der Waals surface area contributed by atoms with Crippen LogP contribution in [0.15, 0.2) is 34.2 Å². The topological polar surface area (TPSA) is 71.2 Å². The molecule has 5 nitrogen and oxygen atoms in total. The molecule has 0 aromatic carbocycles. The lowest BCUT2D eigenvalue weighted by molar-refractivity contribution is 0.0953. The molecule has 0 saturated heterocycles. The highest BCUT2D eigenvalue weighted by Gasteiger charge is 2.07. The van der Waals surface area contributed by atoms with Crippen LogP contribution in [0, 0.1) is 0 Å². The van der Waals surface area contributed by atoms with Gasteiger partial charge < -0.3 is 0 Å². The molecule has 2 rings (SSSR count). The van der Waals surface area contributed by atoms with Crippen molar-refractivity contribution in [1.29, 1.82) is 0 Å². The molecule has 0 atom stereocenters. The first-order valence-electron chi connectivity index (χ1n) is 5.96. The molecule has 1 amide bonds. The average Bonchev–Trinajstić information content (AvgIpc) is 2.84. The van der Waals surface area contributed by atoms with Crippen molar-refractivity contribution in [2.24, 2.45) is 5.84 Å². The summed E-state index contributed by atoms with van der Waals surface area (Å²) in [5.41, 5.74) is 3.46. The summed E-state index contributed by atoms with van der Waals surface area (Å²) in [6.45, 7) is 1.59. The maximum Gasteiger partial charge on any atom is 0.266 e. The summed E-state index contributed by atoms with van der Waals surface area (Å²) in [5, 5.41) is 2.07. The minimum Gasteiger partial charge on any atom is -0.295 e. The van der Waals surface area contributed by atoms with Gasteiger partial charge in [0.2, 0.25) is 0 Å². The number of nitrogens with one attached hydrogen (secondary N) is 1. The molecule has 0 aliphatic heterocycles. The maximum atomic E-state index is 11.3. The van der Waals surface area contributed by atoms with E-state index in [9.17, 15) is 4.79 Å². The first-order valence-corrected chi connectivity index (χ1v) is 7.63. The van der Waals surface area contributed by atoms with Crippen LogP contribution in [-0.4, -0.2) is 22.8 Å². The fourth-order valence-electron chi connectivity index (χ4n) is 1.77. The SMILES string of the molecule is CN(Cc1ccc(C(=O)NN)cn1)Cc1cc(Br)cs1. The summed E-state index contributed by atoms with van der Waals surface area (Å²) in [5.74, 6) is 4.74. The number of nitrogens with zero attached hydrogens (tertiary/aromatic N) is 2. The van der Waals surface area contributed by atoms with E-state index in [2.05, 4.69) is 42.7 Å². The first-order chi connectivity index (χ1) is 9.58. The standard InChI is InChI=1S/C13H15BrN4OS/c1-18(7-12-4-10(14)8-20-12)6-11-3-2-9(5-16-11)13(19)17-15/h2-5,8H,6-7,15H2,1H3,(H,17,19). The number of nitrogen functional groups attached to an aromatic ring is 1. The van der Waals surface area contributed by atoms with Crippen molar-refractivity contribution in [2.45, 2.75) is 13.1 Å². The van der Waals surface area contributed by atoms with Gasteiger partial charge in [-0.2, -0.15) is 0 Å². The van der Waals surface area contributed by atoms with Gasteiger partial charge in [0.15, 0.2) is 0 Å². The molecule has 0 fully saturated rings. The number of nitrogens with two attached hydrogens (primary N) is 1. The lowest BCUT2D eigenvalue weighted by Crippen LogP contribution is -2.30. The van der Waals surface area contributed by atoms with E-state index in [4.69, 9.17) is 5.84 Å². The van der Waals surface area contributed by atoms with Crippen LogP contribution in [0.25, 0.3) is 0 Å². The number of carbonyl (C=O) groups excluding carboxylic acids is 1. The normalized spacial score (nSPS) is 10.8. The summed E-state index contributed by atoms with van der Waals surface area (Å²) >= 11 is 5.17. The van der Waals surface area contributed by atoms with Crippen molar-refractivity contribution < 1.29 is 4.79 Å². The Morgan fingerprint density at radius 1 is 1.50 bits per heavy atom. The molecular formula is C13H15BrN4OS. The Hall–Kier alpha value is -1.28. The summed E-state index contributed by atoms with van der Waals surface area (Å²) in [7, 11) is 2.04. The van der Waals surface area contributed by atoms with Crippen LogP contribution in [0.2, 0.25) is 0 Å². The monoisotopic (exact) mass is 354 g/mol. The molecule has 0 radical (unpaired) electrons. The highest BCUT2D eigenvalue weighted by Crippen LogP contribution is 2.21. The van der Waals surface area contributed by atoms with Crippen molar-refractivity contribution in [3.63, 3.8) is 0 Å². The Morgan fingerprint density at radius 2 is 2.30 bits per heavy atom. The second-order valence-corrected chi connectivity index (χ2v) is 6.33. The number of hydrogen-bond acceptors (Lipinski definition) is 5. The highest BCUT2D eigenvalue weighted by atomic mass is 79.9. The summed E-state index contributed by atoms with van der Waals surface area (Å²) < 4.78 is 1.11. The number of hydrazine groups is 1. The van der Waals surface area contributed by atoms with Crippen LogP contribution in [0.3, 0.4) is 0 Å². The fourth-order valence-corrected chi connectivity index (χ4v) is 3.30. The number of hydrogen-bond donors (Lipinski definition) is 2. The largest absolute Gasteiger partial charge is 0.295 e. The van der Waals surface area contributed by atoms with Crippen LogP contribution in [0.1, 0.15) is 20.9 Å². The van der Waals surface area contributed by atoms with Crippen LogP contribution >= 0.6 is 27.3 Å². The second-order valence-electron chi connectivity index (χ2n) is 4.42. The van der Waals surface area contributed by atoms with E-state index in [-0.39, 0.29) is 5.91 Å². The zero-order chi connectivity index (χ0) is 14.5. The average molecular weight is 355 g/mol. The molecule has 0 aliphatic rings. The number of rotatable bonds is 5. The van der Waals surface area contributed by atoms with Crippen molar-refractivity contribution in [1.82, 2.24) is 15.3 Å². The minimum absolute atomic E-state index is 0.333. The zero-order valence-electron chi connectivity index (χ0n) is 11.0. The molecule has 0 saturated carbocycles. The predicted molar refractivity (Wildman–Crippen MR) is 83.1 cm³/mol. The van der Waals surface area contributed by atoms with Crippen LogP contribution in [0.5, 0.6) is 0 Å². The minimum atomic E-state index is -0.333. The Balaban J connectivity index is 1.94. The van der Waals surface area contributed by atoms with Crippen molar-refractivity contribution in [2.75, 3.05) is 7.05 Å². The zero-order valence-corrected chi connectivity index (χ0v) is 13.4. The van der Waals surface area contributed by atoms with Gasteiger partial charge in [-0.1, -0.05) is 0 Å². The predicted octanol–water partition coefficient (Wildman–Crippen LogP) is 2.14. The van der Waals surface area contributed by atoms with Gasteiger partial charge in [-0.05, 0) is 41.2 Å². The highest BCUT2D eigenvalue weighted by molar-refractivity contribution is 9.10. The lowest BCUT2D eigenvalue weighted by Gasteiger charge is -2.15. The van der Waals surface area contributed by atoms with Gasteiger partial charge in [-0.3, -0.25) is 20.1 Å². The van der Waals surface area contributed by atoms with Gasteiger partial charge in [0.05, 0.1) is 11.3 Å². The molecule has 0 aliphatic carbocycles.